The molecule has 6 heteroatoms. The van der Waals surface area contributed by atoms with Gasteiger partial charge in [0.2, 0.25) is 0 Å². The maximum atomic E-state index is 11.8. The van der Waals surface area contributed by atoms with Crippen LogP contribution in [0.1, 0.15) is 54.4 Å². The van der Waals surface area contributed by atoms with Crippen molar-refractivity contribution >= 4 is 22.6 Å². The topological polar surface area (TPSA) is 44.8 Å². The van der Waals surface area contributed by atoms with Crippen LogP contribution in [0.25, 0.3) is 0 Å². The molecule has 0 aromatic carbocycles. The van der Waals surface area contributed by atoms with Gasteiger partial charge in [0.1, 0.15) is 12.2 Å². The van der Waals surface area contributed by atoms with E-state index in [0.717, 1.165) is 6.42 Å². The molecule has 4 nitrogen and oxygen atoms in total. The monoisotopic (exact) mass is 386 g/mol. The summed E-state index contributed by atoms with van der Waals surface area (Å²) in [5.74, 6) is 0.168. The molecule has 0 aromatic heterocycles. The molecule has 1 heterocycles. The van der Waals surface area contributed by atoms with Gasteiger partial charge in [-0.1, -0.05) is 41.5 Å². The number of carbonyl (C=O) groups is 1. The highest BCUT2D eigenvalue weighted by Crippen LogP contribution is 2.47. The van der Waals surface area contributed by atoms with Gasteiger partial charge in [-0.15, -0.1) is 0 Å². The van der Waals surface area contributed by atoms with Crippen molar-refractivity contribution < 1.29 is 18.4 Å². The minimum atomic E-state index is -1.97. The van der Waals surface area contributed by atoms with E-state index in [0.29, 0.717) is 6.42 Å². The summed E-state index contributed by atoms with van der Waals surface area (Å²) in [4.78, 5) is 11.8. The molecule has 1 saturated carbocycles. The van der Waals surface area contributed by atoms with Crippen LogP contribution in [0.15, 0.2) is 0 Å². The lowest BCUT2D eigenvalue weighted by atomic mass is 10.1. The predicted molar refractivity (Wildman–Crippen MR) is 107 cm³/mol. The van der Waals surface area contributed by atoms with E-state index in [9.17, 15) is 4.79 Å². The van der Waals surface area contributed by atoms with Crippen molar-refractivity contribution in [3.63, 3.8) is 0 Å². The second-order valence-electron chi connectivity index (χ2n) is 10.9. The first-order valence-electron chi connectivity index (χ1n) is 9.60. The molecule has 1 aliphatic heterocycles. The van der Waals surface area contributed by atoms with Gasteiger partial charge >= 0.3 is 5.97 Å². The first kappa shape index (κ1) is 21.1. The Bertz CT molecular complexity index is 516. The SMILES string of the molecule is CC(C)(C)[Si](C)(C)O[C@@H]1[C@H]2OC(=O)C[C@H]2C[C@H]1O[Si](C)(C)C(C)(C)C. The zero-order valence-electron chi connectivity index (χ0n) is 17.9. The molecule has 0 bridgehead atoms. The third-order valence-corrected chi connectivity index (χ3v) is 15.9. The fourth-order valence-corrected chi connectivity index (χ4v) is 5.81. The van der Waals surface area contributed by atoms with Crippen molar-refractivity contribution in [2.75, 3.05) is 0 Å². The van der Waals surface area contributed by atoms with Crippen molar-refractivity contribution in [3.8, 4) is 0 Å². The Morgan fingerprint density at radius 2 is 1.40 bits per heavy atom. The molecule has 0 spiro atoms. The molecule has 1 saturated heterocycles. The Hall–Kier alpha value is -0.176. The molecular formula is C19H38O4Si2. The van der Waals surface area contributed by atoms with Crippen molar-refractivity contribution in [1.82, 2.24) is 0 Å². The Kier molecular flexibility index (Phi) is 5.46. The summed E-state index contributed by atoms with van der Waals surface area (Å²) in [6.45, 7) is 22.6. The van der Waals surface area contributed by atoms with E-state index in [1.54, 1.807) is 0 Å². The van der Waals surface area contributed by atoms with Gasteiger partial charge in [0.15, 0.2) is 16.6 Å². The van der Waals surface area contributed by atoms with Crippen LogP contribution >= 0.6 is 0 Å². The van der Waals surface area contributed by atoms with Crippen LogP contribution in [0.2, 0.25) is 36.3 Å². The highest BCUT2D eigenvalue weighted by Gasteiger charge is 2.56. The maximum absolute atomic E-state index is 11.8. The van der Waals surface area contributed by atoms with E-state index in [1.807, 2.05) is 0 Å². The van der Waals surface area contributed by atoms with E-state index in [1.165, 1.54) is 0 Å². The first-order chi connectivity index (χ1) is 11.1. The van der Waals surface area contributed by atoms with Crippen LogP contribution in [0.5, 0.6) is 0 Å². The van der Waals surface area contributed by atoms with Crippen molar-refractivity contribution in [1.29, 1.82) is 0 Å². The number of hydrogen-bond donors (Lipinski definition) is 0. The minimum absolute atomic E-state index is 0.0399. The summed E-state index contributed by atoms with van der Waals surface area (Å²) in [7, 11) is -3.87. The van der Waals surface area contributed by atoms with E-state index in [2.05, 4.69) is 67.7 Å². The van der Waals surface area contributed by atoms with Gasteiger partial charge in [-0.05, 0) is 42.7 Å². The van der Waals surface area contributed by atoms with E-state index in [4.69, 9.17) is 13.6 Å². The van der Waals surface area contributed by atoms with Gasteiger partial charge in [0.05, 0.1) is 12.5 Å². The number of carbonyl (C=O) groups excluding carboxylic acids is 1. The highest BCUT2D eigenvalue weighted by atomic mass is 28.4. The van der Waals surface area contributed by atoms with Gasteiger partial charge in [-0.2, -0.15) is 0 Å². The summed E-state index contributed by atoms with van der Waals surface area (Å²) < 4.78 is 19.2. The summed E-state index contributed by atoms with van der Waals surface area (Å²) in [6, 6.07) is 0. The van der Waals surface area contributed by atoms with Crippen LogP contribution in [0.4, 0.5) is 0 Å². The van der Waals surface area contributed by atoms with Crippen LogP contribution in [-0.4, -0.2) is 40.9 Å². The van der Waals surface area contributed by atoms with Gasteiger partial charge < -0.3 is 13.6 Å². The molecular weight excluding hydrogens is 348 g/mol. The Labute approximate surface area is 156 Å². The van der Waals surface area contributed by atoms with E-state index < -0.39 is 16.6 Å². The Morgan fingerprint density at radius 3 is 1.88 bits per heavy atom. The summed E-state index contributed by atoms with van der Waals surface area (Å²) in [5.41, 5.74) is 0. The zero-order valence-corrected chi connectivity index (χ0v) is 19.9. The van der Waals surface area contributed by atoms with Gasteiger partial charge in [-0.3, -0.25) is 4.79 Å². The lowest BCUT2D eigenvalue weighted by molar-refractivity contribution is -0.146. The Morgan fingerprint density at radius 1 is 0.920 bits per heavy atom. The van der Waals surface area contributed by atoms with Crippen LogP contribution < -0.4 is 0 Å². The number of hydrogen-bond acceptors (Lipinski definition) is 4. The molecule has 0 unspecified atom stereocenters. The number of ether oxygens (including phenoxy) is 1. The third-order valence-electron chi connectivity index (χ3n) is 6.88. The van der Waals surface area contributed by atoms with Crippen LogP contribution in [0.3, 0.4) is 0 Å². The zero-order chi connectivity index (χ0) is 19.4. The molecule has 2 rings (SSSR count). The summed E-state index contributed by atoms with van der Waals surface area (Å²) >= 11 is 0. The molecule has 2 fully saturated rings. The average Bonchev–Trinajstić information content (AvgIpc) is 2.84. The van der Waals surface area contributed by atoms with Crippen LogP contribution in [-0.2, 0) is 18.4 Å². The molecule has 1 aliphatic carbocycles. The van der Waals surface area contributed by atoms with Gasteiger partial charge in [0.25, 0.3) is 0 Å². The molecule has 25 heavy (non-hydrogen) atoms. The van der Waals surface area contributed by atoms with Gasteiger partial charge in [-0.25, -0.2) is 0 Å². The molecule has 0 amide bonds. The third kappa shape index (κ3) is 4.22. The van der Waals surface area contributed by atoms with Crippen molar-refractivity contribution in [2.24, 2.45) is 5.92 Å². The molecule has 0 N–H and O–H groups in total. The molecule has 0 radical (unpaired) electrons. The number of rotatable bonds is 4. The van der Waals surface area contributed by atoms with E-state index >= 15 is 0 Å². The van der Waals surface area contributed by atoms with Crippen molar-refractivity contribution in [2.45, 2.75) is 109 Å². The lowest BCUT2D eigenvalue weighted by Gasteiger charge is -2.44. The standard InChI is InChI=1S/C19H38O4Si2/c1-18(2,3)24(7,8)22-14-11-13-12-15(20)21-16(13)17(14)23-25(9,10)19(4,5)6/h13-14,16-17H,11-12H2,1-10H3/t13-,14-,16+,17+/m1/s1. The second kappa shape index (κ2) is 6.46. The van der Waals surface area contributed by atoms with Crippen molar-refractivity contribution in [3.05, 3.63) is 0 Å². The molecule has 146 valence electrons. The second-order valence-corrected chi connectivity index (χ2v) is 20.4. The maximum Gasteiger partial charge on any atom is 0.306 e. The quantitative estimate of drug-likeness (QED) is 0.498. The summed E-state index contributed by atoms with van der Waals surface area (Å²) in [6.07, 6.45) is 1.18. The first-order valence-corrected chi connectivity index (χ1v) is 15.4. The number of fused-ring (bicyclic) bond motifs is 1. The average molecular weight is 387 g/mol. The predicted octanol–water partition coefficient (Wildman–Crippen LogP) is 5.10. The fourth-order valence-electron chi connectivity index (χ4n) is 3.15. The molecule has 2 aliphatic rings. The van der Waals surface area contributed by atoms with E-state index in [-0.39, 0.29) is 40.3 Å². The fraction of sp³-hybridized carbons (Fsp3) is 0.947. The molecule has 4 atom stereocenters. The normalized spacial score (nSPS) is 31.2. The lowest BCUT2D eigenvalue weighted by Crippen LogP contribution is -2.52. The van der Waals surface area contributed by atoms with Gasteiger partial charge in [0, 0.05) is 5.92 Å². The largest absolute Gasteiger partial charge is 0.459 e. The smallest absolute Gasteiger partial charge is 0.306 e. The number of esters is 1. The highest BCUT2D eigenvalue weighted by molar-refractivity contribution is 6.74. The minimum Gasteiger partial charge on any atom is -0.459 e. The van der Waals surface area contributed by atoms with Crippen LogP contribution in [0, 0.1) is 5.92 Å². The Balaban J connectivity index is 2.25. The molecule has 0 aromatic rings. The summed E-state index contributed by atoms with van der Waals surface area (Å²) in [5, 5.41) is 0.276.